The van der Waals surface area contributed by atoms with Gasteiger partial charge >= 0.3 is 6.03 Å². The van der Waals surface area contributed by atoms with Gasteiger partial charge in [0.25, 0.3) is 0 Å². The number of carbonyl (C=O) groups excluding carboxylic acids is 1. The monoisotopic (exact) mass is 318 g/mol. The fourth-order valence-corrected chi connectivity index (χ4v) is 3.06. The molecule has 0 aromatic rings. The van der Waals surface area contributed by atoms with E-state index in [2.05, 4.69) is 24.4 Å². The number of urea groups is 1. The van der Waals surface area contributed by atoms with Gasteiger partial charge in [0.15, 0.2) is 0 Å². The standard InChI is InChI=1S/C20H34N2O/c1-3-5-6-7-8-9-10-11-15-18-21-20(23)22(4-2)19-16-13-12-14-17-19/h3,5-9,19H,4,10-18H2,1-2H3,(H,21,23). The van der Waals surface area contributed by atoms with Crippen LogP contribution in [0.25, 0.3) is 0 Å². The molecule has 2 amide bonds. The number of carbonyl (C=O) groups is 1. The maximum Gasteiger partial charge on any atom is 0.317 e. The van der Waals surface area contributed by atoms with E-state index in [1.165, 1.54) is 32.1 Å². The number of amides is 2. The van der Waals surface area contributed by atoms with Crippen molar-refractivity contribution in [2.24, 2.45) is 0 Å². The zero-order valence-corrected chi connectivity index (χ0v) is 15.0. The molecule has 1 N–H and O–H groups in total. The molecule has 1 fully saturated rings. The summed E-state index contributed by atoms with van der Waals surface area (Å²) in [6.45, 7) is 5.69. The highest BCUT2D eigenvalue weighted by molar-refractivity contribution is 5.74. The van der Waals surface area contributed by atoms with Crippen LogP contribution in [0.15, 0.2) is 36.5 Å². The lowest BCUT2D eigenvalue weighted by molar-refractivity contribution is 0.159. The normalized spacial score (nSPS) is 16.6. The number of unbranched alkanes of at least 4 members (excludes halogenated alkanes) is 2. The largest absolute Gasteiger partial charge is 0.338 e. The molecular formula is C20H34N2O. The molecule has 0 unspecified atom stereocenters. The van der Waals surface area contributed by atoms with Gasteiger partial charge < -0.3 is 10.2 Å². The van der Waals surface area contributed by atoms with Crippen LogP contribution in [-0.4, -0.2) is 30.1 Å². The van der Waals surface area contributed by atoms with E-state index < -0.39 is 0 Å². The topological polar surface area (TPSA) is 32.3 Å². The molecule has 0 aromatic heterocycles. The molecular weight excluding hydrogens is 284 g/mol. The molecule has 0 saturated heterocycles. The summed E-state index contributed by atoms with van der Waals surface area (Å²) < 4.78 is 0. The predicted molar refractivity (Wildman–Crippen MR) is 99.6 cm³/mol. The molecule has 3 heteroatoms. The zero-order chi connectivity index (χ0) is 16.8. The Labute approximate surface area is 142 Å². The van der Waals surface area contributed by atoms with Gasteiger partial charge in [0.05, 0.1) is 0 Å². The van der Waals surface area contributed by atoms with E-state index in [1.807, 2.05) is 36.1 Å². The van der Waals surface area contributed by atoms with Gasteiger partial charge in [-0.05, 0) is 46.0 Å². The molecule has 0 aromatic carbocycles. The van der Waals surface area contributed by atoms with Gasteiger partial charge in [-0.3, -0.25) is 0 Å². The van der Waals surface area contributed by atoms with Gasteiger partial charge in [0, 0.05) is 19.1 Å². The van der Waals surface area contributed by atoms with Crippen LogP contribution in [0.5, 0.6) is 0 Å². The molecule has 0 heterocycles. The lowest BCUT2D eigenvalue weighted by Gasteiger charge is -2.33. The highest BCUT2D eigenvalue weighted by Gasteiger charge is 2.23. The molecule has 1 saturated carbocycles. The van der Waals surface area contributed by atoms with E-state index in [9.17, 15) is 4.79 Å². The van der Waals surface area contributed by atoms with Crippen molar-refractivity contribution in [3.8, 4) is 0 Å². The van der Waals surface area contributed by atoms with Crippen molar-refractivity contribution in [2.45, 2.75) is 71.3 Å². The average molecular weight is 319 g/mol. The molecule has 0 bridgehead atoms. The molecule has 1 rings (SSSR count). The summed E-state index contributed by atoms with van der Waals surface area (Å²) in [4.78, 5) is 14.3. The minimum Gasteiger partial charge on any atom is -0.338 e. The second-order valence-corrected chi connectivity index (χ2v) is 6.14. The van der Waals surface area contributed by atoms with Crippen molar-refractivity contribution < 1.29 is 4.79 Å². The smallest absolute Gasteiger partial charge is 0.317 e. The Balaban J connectivity index is 2.12. The van der Waals surface area contributed by atoms with E-state index >= 15 is 0 Å². The fraction of sp³-hybridized carbons (Fsp3) is 0.650. The number of hydrogen-bond donors (Lipinski definition) is 1. The summed E-state index contributed by atoms with van der Waals surface area (Å²) in [6.07, 6.45) is 21.8. The van der Waals surface area contributed by atoms with Gasteiger partial charge in [0.2, 0.25) is 0 Å². The van der Waals surface area contributed by atoms with E-state index in [0.29, 0.717) is 6.04 Å². The van der Waals surface area contributed by atoms with Crippen LogP contribution in [0.1, 0.15) is 65.2 Å². The number of rotatable bonds is 9. The van der Waals surface area contributed by atoms with Gasteiger partial charge in [-0.25, -0.2) is 4.79 Å². The maximum absolute atomic E-state index is 12.3. The molecule has 0 aliphatic heterocycles. The Hall–Kier alpha value is -1.51. The lowest BCUT2D eigenvalue weighted by Crippen LogP contribution is -2.47. The average Bonchev–Trinajstić information content (AvgIpc) is 2.58. The Morgan fingerprint density at radius 3 is 2.52 bits per heavy atom. The molecule has 23 heavy (non-hydrogen) atoms. The van der Waals surface area contributed by atoms with E-state index in [4.69, 9.17) is 0 Å². The summed E-state index contributed by atoms with van der Waals surface area (Å²) in [5, 5.41) is 3.09. The summed E-state index contributed by atoms with van der Waals surface area (Å²) in [7, 11) is 0. The van der Waals surface area contributed by atoms with Crippen LogP contribution in [-0.2, 0) is 0 Å². The summed E-state index contributed by atoms with van der Waals surface area (Å²) in [6, 6.07) is 0.588. The SMILES string of the molecule is CC=CC=CC=CCCCCNC(=O)N(CC)C1CCCCC1. The molecule has 1 aliphatic carbocycles. The molecule has 3 nitrogen and oxygen atoms in total. The highest BCUT2D eigenvalue weighted by Crippen LogP contribution is 2.22. The summed E-state index contributed by atoms with van der Waals surface area (Å²) in [5.74, 6) is 0. The van der Waals surface area contributed by atoms with E-state index in [0.717, 1.165) is 32.4 Å². The first kappa shape index (κ1) is 19.5. The number of nitrogens with zero attached hydrogens (tertiary/aromatic N) is 1. The van der Waals surface area contributed by atoms with Crippen molar-refractivity contribution in [1.82, 2.24) is 10.2 Å². The van der Waals surface area contributed by atoms with Crippen molar-refractivity contribution in [2.75, 3.05) is 13.1 Å². The van der Waals surface area contributed by atoms with Gasteiger partial charge in [-0.15, -0.1) is 0 Å². The van der Waals surface area contributed by atoms with Crippen LogP contribution in [0.3, 0.4) is 0 Å². The minimum absolute atomic E-state index is 0.129. The first-order valence-corrected chi connectivity index (χ1v) is 9.28. The van der Waals surface area contributed by atoms with E-state index in [-0.39, 0.29) is 6.03 Å². The maximum atomic E-state index is 12.3. The third kappa shape index (κ3) is 8.63. The second kappa shape index (κ2) is 13.0. The van der Waals surface area contributed by atoms with Crippen molar-refractivity contribution in [3.05, 3.63) is 36.5 Å². The zero-order valence-electron chi connectivity index (χ0n) is 15.0. The van der Waals surface area contributed by atoms with Crippen molar-refractivity contribution >= 4 is 6.03 Å². The van der Waals surface area contributed by atoms with Gasteiger partial charge in [-0.1, -0.05) is 55.7 Å². The Morgan fingerprint density at radius 1 is 1.09 bits per heavy atom. The minimum atomic E-state index is 0.129. The third-order valence-corrected chi connectivity index (χ3v) is 4.35. The molecule has 0 atom stereocenters. The van der Waals surface area contributed by atoms with Crippen molar-refractivity contribution in [1.29, 1.82) is 0 Å². The molecule has 130 valence electrons. The lowest BCUT2D eigenvalue weighted by atomic mass is 9.94. The third-order valence-electron chi connectivity index (χ3n) is 4.35. The number of nitrogens with one attached hydrogen (secondary N) is 1. The quantitative estimate of drug-likeness (QED) is 0.459. The Bertz CT molecular complexity index is 392. The fourth-order valence-electron chi connectivity index (χ4n) is 3.06. The number of allylic oxidation sites excluding steroid dienone is 6. The van der Waals surface area contributed by atoms with Gasteiger partial charge in [0.1, 0.15) is 0 Å². The summed E-state index contributed by atoms with van der Waals surface area (Å²) >= 11 is 0. The van der Waals surface area contributed by atoms with Crippen LogP contribution < -0.4 is 5.32 Å². The van der Waals surface area contributed by atoms with Crippen LogP contribution in [0.2, 0.25) is 0 Å². The van der Waals surface area contributed by atoms with Gasteiger partial charge in [-0.2, -0.15) is 0 Å². The summed E-state index contributed by atoms with van der Waals surface area (Å²) in [5.41, 5.74) is 0. The van der Waals surface area contributed by atoms with Crippen LogP contribution in [0, 0.1) is 0 Å². The highest BCUT2D eigenvalue weighted by atomic mass is 16.2. The molecule has 0 spiro atoms. The second-order valence-electron chi connectivity index (χ2n) is 6.14. The first-order valence-electron chi connectivity index (χ1n) is 9.28. The Morgan fingerprint density at radius 2 is 1.83 bits per heavy atom. The van der Waals surface area contributed by atoms with Crippen LogP contribution >= 0.6 is 0 Å². The first-order chi connectivity index (χ1) is 11.3. The molecule has 1 aliphatic rings. The predicted octanol–water partition coefficient (Wildman–Crippen LogP) is 5.21. The Kier molecular flexibility index (Phi) is 11.0. The van der Waals surface area contributed by atoms with E-state index in [1.54, 1.807) is 0 Å². The molecule has 0 radical (unpaired) electrons. The number of hydrogen-bond acceptors (Lipinski definition) is 1. The van der Waals surface area contributed by atoms with Crippen LogP contribution in [0.4, 0.5) is 4.79 Å². The van der Waals surface area contributed by atoms with Crippen molar-refractivity contribution in [3.63, 3.8) is 0 Å².